The standard InChI is InChI=1S/C11H10N4O2/c16-11(14-7-3-4-7)8-2-1-5-12-10(8)9-6-13-15-17-9/h1-2,5-7H,3-4H2,(H,14,16). The van der Waals surface area contributed by atoms with Crippen LogP contribution in [0.2, 0.25) is 0 Å². The Kier molecular flexibility index (Phi) is 2.32. The van der Waals surface area contributed by atoms with Crippen LogP contribution in [0.15, 0.2) is 29.0 Å². The van der Waals surface area contributed by atoms with Crippen LogP contribution < -0.4 is 5.32 Å². The molecule has 3 rings (SSSR count). The summed E-state index contributed by atoms with van der Waals surface area (Å²) >= 11 is 0. The molecule has 0 aromatic carbocycles. The molecule has 1 aliphatic rings. The predicted octanol–water partition coefficient (Wildman–Crippen LogP) is 1.02. The first kappa shape index (κ1) is 9.95. The maximum absolute atomic E-state index is 12.0. The van der Waals surface area contributed by atoms with Gasteiger partial charge in [0.05, 0.1) is 5.56 Å². The van der Waals surface area contributed by atoms with Crippen molar-refractivity contribution in [2.45, 2.75) is 18.9 Å². The Balaban J connectivity index is 1.95. The van der Waals surface area contributed by atoms with E-state index in [4.69, 9.17) is 4.52 Å². The first-order valence-corrected chi connectivity index (χ1v) is 5.38. The highest BCUT2D eigenvalue weighted by Gasteiger charge is 2.25. The van der Waals surface area contributed by atoms with E-state index in [1.807, 2.05) is 0 Å². The molecule has 1 saturated carbocycles. The van der Waals surface area contributed by atoms with Crippen LogP contribution in [0.5, 0.6) is 0 Å². The topological polar surface area (TPSA) is 80.9 Å². The van der Waals surface area contributed by atoms with Crippen molar-refractivity contribution >= 4 is 5.91 Å². The molecule has 1 N–H and O–H groups in total. The second-order valence-electron chi connectivity index (χ2n) is 3.93. The minimum Gasteiger partial charge on any atom is -0.349 e. The number of carbonyl (C=O) groups excluding carboxylic acids is 1. The van der Waals surface area contributed by atoms with E-state index < -0.39 is 0 Å². The van der Waals surface area contributed by atoms with Gasteiger partial charge in [-0.25, -0.2) is 0 Å². The first-order valence-electron chi connectivity index (χ1n) is 5.38. The van der Waals surface area contributed by atoms with E-state index in [-0.39, 0.29) is 5.91 Å². The third-order valence-corrected chi connectivity index (χ3v) is 2.56. The van der Waals surface area contributed by atoms with Gasteiger partial charge in [0.1, 0.15) is 11.9 Å². The van der Waals surface area contributed by atoms with Gasteiger partial charge in [0.2, 0.25) is 5.76 Å². The quantitative estimate of drug-likeness (QED) is 0.851. The van der Waals surface area contributed by atoms with Crippen LogP contribution in [-0.4, -0.2) is 27.3 Å². The number of amides is 1. The van der Waals surface area contributed by atoms with Gasteiger partial charge >= 0.3 is 0 Å². The van der Waals surface area contributed by atoms with Crippen molar-refractivity contribution in [1.29, 1.82) is 0 Å². The maximum atomic E-state index is 12.0. The van der Waals surface area contributed by atoms with Crippen LogP contribution in [0.1, 0.15) is 23.2 Å². The molecule has 17 heavy (non-hydrogen) atoms. The van der Waals surface area contributed by atoms with Gasteiger partial charge in [0, 0.05) is 17.5 Å². The molecule has 0 spiro atoms. The summed E-state index contributed by atoms with van der Waals surface area (Å²) in [7, 11) is 0. The summed E-state index contributed by atoms with van der Waals surface area (Å²) in [6, 6.07) is 3.74. The van der Waals surface area contributed by atoms with E-state index >= 15 is 0 Å². The highest BCUT2D eigenvalue weighted by Crippen LogP contribution is 2.22. The lowest BCUT2D eigenvalue weighted by Gasteiger charge is -2.05. The van der Waals surface area contributed by atoms with Crippen LogP contribution >= 0.6 is 0 Å². The Morgan fingerprint density at radius 2 is 2.35 bits per heavy atom. The predicted molar refractivity (Wildman–Crippen MR) is 58.0 cm³/mol. The molecule has 2 heterocycles. The zero-order valence-corrected chi connectivity index (χ0v) is 8.96. The summed E-state index contributed by atoms with van der Waals surface area (Å²) < 4.78 is 4.93. The lowest BCUT2D eigenvalue weighted by Crippen LogP contribution is -2.26. The first-order chi connectivity index (χ1) is 8.34. The molecule has 6 heteroatoms. The van der Waals surface area contributed by atoms with E-state index in [0.717, 1.165) is 12.8 Å². The van der Waals surface area contributed by atoms with Gasteiger partial charge in [-0.3, -0.25) is 9.78 Å². The number of nitrogens with zero attached hydrogens (tertiary/aromatic N) is 3. The van der Waals surface area contributed by atoms with Crippen molar-refractivity contribution in [3.63, 3.8) is 0 Å². The summed E-state index contributed by atoms with van der Waals surface area (Å²) in [5, 5.41) is 9.87. The number of rotatable bonds is 3. The fourth-order valence-corrected chi connectivity index (χ4v) is 1.55. The van der Waals surface area contributed by atoms with Crippen LogP contribution in [0, 0.1) is 0 Å². The van der Waals surface area contributed by atoms with Gasteiger partial charge in [-0.1, -0.05) is 0 Å². The van der Waals surface area contributed by atoms with E-state index in [1.165, 1.54) is 6.20 Å². The largest absolute Gasteiger partial charge is 0.349 e. The molecular weight excluding hydrogens is 220 g/mol. The third-order valence-electron chi connectivity index (χ3n) is 2.56. The summed E-state index contributed by atoms with van der Waals surface area (Å²) in [6.07, 6.45) is 5.14. The maximum Gasteiger partial charge on any atom is 0.253 e. The molecular formula is C11H10N4O2. The number of carbonyl (C=O) groups is 1. The molecule has 0 atom stereocenters. The molecule has 1 amide bonds. The third kappa shape index (κ3) is 2.01. The van der Waals surface area contributed by atoms with Crippen LogP contribution in [0.4, 0.5) is 0 Å². The van der Waals surface area contributed by atoms with Crippen LogP contribution in [0.25, 0.3) is 11.5 Å². The van der Waals surface area contributed by atoms with Gasteiger partial charge in [0.25, 0.3) is 5.91 Å². The molecule has 1 fully saturated rings. The molecule has 86 valence electrons. The molecule has 0 radical (unpaired) electrons. The zero-order valence-electron chi connectivity index (χ0n) is 8.96. The van der Waals surface area contributed by atoms with Crippen LogP contribution in [0.3, 0.4) is 0 Å². The number of hydrogen-bond donors (Lipinski definition) is 1. The molecule has 0 bridgehead atoms. The number of hydrogen-bond acceptors (Lipinski definition) is 5. The van der Waals surface area contributed by atoms with Gasteiger partial charge in [-0.05, 0) is 25.0 Å². The zero-order chi connectivity index (χ0) is 11.7. The second-order valence-corrected chi connectivity index (χ2v) is 3.93. The van der Waals surface area contributed by atoms with Gasteiger partial charge in [-0.15, -0.1) is 5.10 Å². The minimum absolute atomic E-state index is 0.132. The molecule has 0 unspecified atom stereocenters. The van der Waals surface area contributed by atoms with Crippen molar-refractivity contribution in [3.05, 3.63) is 30.1 Å². The van der Waals surface area contributed by atoms with Crippen molar-refractivity contribution in [2.75, 3.05) is 0 Å². The molecule has 1 aliphatic carbocycles. The van der Waals surface area contributed by atoms with Crippen molar-refractivity contribution in [1.82, 2.24) is 20.7 Å². The SMILES string of the molecule is O=C(NC1CC1)c1cccnc1-c1cnno1. The number of pyridine rings is 1. The van der Waals surface area contributed by atoms with Gasteiger partial charge in [-0.2, -0.15) is 0 Å². The Labute approximate surface area is 97.0 Å². The summed E-state index contributed by atoms with van der Waals surface area (Å²) in [6.45, 7) is 0. The lowest BCUT2D eigenvalue weighted by molar-refractivity contribution is 0.0951. The Hall–Kier alpha value is -2.24. The van der Waals surface area contributed by atoms with Gasteiger partial charge in [0.15, 0.2) is 0 Å². The van der Waals surface area contributed by atoms with E-state index in [1.54, 1.807) is 18.3 Å². The Morgan fingerprint density at radius 1 is 1.47 bits per heavy atom. The fourth-order valence-electron chi connectivity index (χ4n) is 1.55. The van der Waals surface area contributed by atoms with Crippen LogP contribution in [-0.2, 0) is 0 Å². The normalized spacial score (nSPS) is 14.6. The lowest BCUT2D eigenvalue weighted by atomic mass is 10.1. The summed E-state index contributed by atoms with van der Waals surface area (Å²) in [4.78, 5) is 16.1. The van der Waals surface area contributed by atoms with Gasteiger partial charge < -0.3 is 9.84 Å². The fraction of sp³-hybridized carbons (Fsp3) is 0.273. The van der Waals surface area contributed by atoms with E-state index in [0.29, 0.717) is 23.1 Å². The molecule has 0 aliphatic heterocycles. The molecule has 0 saturated heterocycles. The molecule has 2 aromatic rings. The van der Waals surface area contributed by atoms with E-state index in [9.17, 15) is 4.79 Å². The van der Waals surface area contributed by atoms with Crippen molar-refractivity contribution in [3.8, 4) is 11.5 Å². The van der Waals surface area contributed by atoms with Crippen molar-refractivity contribution < 1.29 is 9.32 Å². The second kappa shape index (κ2) is 3.97. The highest BCUT2D eigenvalue weighted by molar-refractivity contribution is 5.99. The van der Waals surface area contributed by atoms with Crippen molar-refractivity contribution in [2.24, 2.45) is 0 Å². The summed E-state index contributed by atoms with van der Waals surface area (Å²) in [5.74, 6) is 0.263. The Morgan fingerprint density at radius 3 is 3.06 bits per heavy atom. The smallest absolute Gasteiger partial charge is 0.253 e. The average Bonchev–Trinajstić information content (AvgIpc) is 3.00. The average molecular weight is 230 g/mol. The summed E-state index contributed by atoms with van der Waals surface area (Å²) in [5.41, 5.74) is 0.952. The van der Waals surface area contributed by atoms with E-state index in [2.05, 4.69) is 20.7 Å². The number of nitrogens with one attached hydrogen (secondary N) is 1. The minimum atomic E-state index is -0.132. The molecule has 6 nitrogen and oxygen atoms in total. The highest BCUT2D eigenvalue weighted by atomic mass is 16.5. The monoisotopic (exact) mass is 230 g/mol. The Bertz CT molecular complexity index is 534. The number of aromatic nitrogens is 3. The molecule has 2 aromatic heterocycles.